The van der Waals surface area contributed by atoms with E-state index < -0.39 is 0 Å². The van der Waals surface area contributed by atoms with Crippen LogP contribution in [0.25, 0.3) is 0 Å². The van der Waals surface area contributed by atoms with Crippen molar-refractivity contribution in [2.24, 2.45) is 11.8 Å². The number of likely N-dealkylation sites (tertiary alicyclic amines) is 1. The molecule has 6 nitrogen and oxygen atoms in total. The first-order chi connectivity index (χ1) is 9.24. The Morgan fingerprint density at radius 3 is 2.95 bits per heavy atom. The maximum absolute atomic E-state index is 11.5. The minimum atomic E-state index is -0.0923. The number of ether oxygens (including phenoxy) is 1. The van der Waals surface area contributed by atoms with Crippen molar-refractivity contribution in [3.63, 3.8) is 0 Å². The summed E-state index contributed by atoms with van der Waals surface area (Å²) in [5.74, 6) is 6.10. The SMILES string of the molecule is COC(=O)C1CCN(Cc2cccnc2NN)CC1. The first-order valence-electron chi connectivity index (χ1n) is 6.45. The molecular weight excluding hydrogens is 244 g/mol. The molecule has 0 saturated carbocycles. The lowest BCUT2D eigenvalue weighted by Crippen LogP contribution is -2.36. The van der Waals surface area contributed by atoms with Gasteiger partial charge in [0.25, 0.3) is 0 Å². The molecule has 3 N–H and O–H groups in total. The van der Waals surface area contributed by atoms with Gasteiger partial charge in [0.2, 0.25) is 0 Å². The number of nitrogens with two attached hydrogens (primary N) is 1. The number of hydrazine groups is 1. The fraction of sp³-hybridized carbons (Fsp3) is 0.538. The van der Waals surface area contributed by atoms with Crippen LogP contribution in [0.3, 0.4) is 0 Å². The number of carbonyl (C=O) groups is 1. The van der Waals surface area contributed by atoms with E-state index in [2.05, 4.69) is 15.3 Å². The Morgan fingerprint density at radius 2 is 2.32 bits per heavy atom. The highest BCUT2D eigenvalue weighted by Crippen LogP contribution is 2.21. The number of carbonyl (C=O) groups excluding carboxylic acids is 1. The van der Waals surface area contributed by atoms with Gasteiger partial charge in [-0.3, -0.25) is 9.69 Å². The van der Waals surface area contributed by atoms with E-state index in [0.717, 1.165) is 38.0 Å². The number of hydrogen-bond acceptors (Lipinski definition) is 6. The topological polar surface area (TPSA) is 80.5 Å². The number of hydrogen-bond donors (Lipinski definition) is 2. The van der Waals surface area contributed by atoms with Gasteiger partial charge >= 0.3 is 5.97 Å². The van der Waals surface area contributed by atoms with Crippen LogP contribution in [-0.4, -0.2) is 36.1 Å². The molecule has 0 bridgehead atoms. The molecule has 19 heavy (non-hydrogen) atoms. The number of nitrogens with one attached hydrogen (secondary N) is 1. The van der Waals surface area contributed by atoms with Crippen LogP contribution in [0.1, 0.15) is 18.4 Å². The number of aromatic nitrogens is 1. The average Bonchev–Trinajstić information content (AvgIpc) is 2.48. The van der Waals surface area contributed by atoms with Crippen LogP contribution in [0.5, 0.6) is 0 Å². The fourth-order valence-electron chi connectivity index (χ4n) is 2.43. The number of methoxy groups -OCH3 is 1. The molecule has 2 heterocycles. The molecule has 1 aliphatic rings. The molecule has 1 saturated heterocycles. The van der Waals surface area contributed by atoms with Gasteiger partial charge in [-0.1, -0.05) is 6.07 Å². The Bertz CT molecular complexity index is 430. The van der Waals surface area contributed by atoms with Crippen molar-refractivity contribution in [1.29, 1.82) is 0 Å². The summed E-state index contributed by atoms with van der Waals surface area (Å²) in [7, 11) is 1.45. The van der Waals surface area contributed by atoms with Gasteiger partial charge in [0, 0.05) is 18.3 Å². The van der Waals surface area contributed by atoms with Gasteiger partial charge in [-0.15, -0.1) is 0 Å². The Kier molecular flexibility index (Phi) is 4.70. The van der Waals surface area contributed by atoms with Gasteiger partial charge in [0.1, 0.15) is 5.82 Å². The number of pyridine rings is 1. The third-order valence-electron chi connectivity index (χ3n) is 3.54. The molecule has 0 radical (unpaired) electrons. The molecule has 1 fully saturated rings. The van der Waals surface area contributed by atoms with Crippen LogP contribution in [0, 0.1) is 5.92 Å². The Balaban J connectivity index is 1.90. The molecule has 0 amide bonds. The predicted octanol–water partition coefficient (Wildman–Crippen LogP) is 0.752. The Morgan fingerprint density at radius 1 is 1.58 bits per heavy atom. The number of rotatable bonds is 4. The normalized spacial score (nSPS) is 17.2. The Labute approximate surface area is 112 Å². The van der Waals surface area contributed by atoms with Crippen LogP contribution in [-0.2, 0) is 16.1 Å². The summed E-state index contributed by atoms with van der Waals surface area (Å²) in [6.45, 7) is 2.57. The molecule has 1 aromatic rings. The molecule has 0 atom stereocenters. The lowest BCUT2D eigenvalue weighted by atomic mass is 9.97. The molecule has 0 aromatic carbocycles. The molecule has 0 aliphatic carbocycles. The number of anilines is 1. The zero-order valence-electron chi connectivity index (χ0n) is 11.1. The molecule has 104 valence electrons. The lowest BCUT2D eigenvalue weighted by Gasteiger charge is -2.30. The summed E-state index contributed by atoms with van der Waals surface area (Å²) in [5, 5.41) is 0. The second-order valence-electron chi connectivity index (χ2n) is 4.73. The van der Waals surface area contributed by atoms with Gasteiger partial charge in [-0.2, -0.15) is 0 Å². The van der Waals surface area contributed by atoms with Gasteiger partial charge in [-0.05, 0) is 32.0 Å². The Hall–Kier alpha value is -1.66. The number of nitrogen functional groups attached to an aromatic ring is 1. The number of nitrogens with zero attached hydrogens (tertiary/aromatic N) is 2. The zero-order chi connectivity index (χ0) is 13.7. The van der Waals surface area contributed by atoms with E-state index in [1.54, 1.807) is 6.20 Å². The monoisotopic (exact) mass is 264 g/mol. The van der Waals surface area contributed by atoms with E-state index in [1.165, 1.54) is 7.11 Å². The molecule has 1 aliphatic heterocycles. The van der Waals surface area contributed by atoms with Crippen molar-refractivity contribution in [1.82, 2.24) is 9.88 Å². The van der Waals surface area contributed by atoms with E-state index in [1.807, 2.05) is 12.1 Å². The standard InChI is InChI=1S/C13H20N4O2/c1-19-13(18)10-4-7-17(8-5-10)9-11-3-2-6-15-12(11)16-14/h2-3,6,10H,4-5,7-9,14H2,1H3,(H,15,16). The van der Waals surface area contributed by atoms with Crippen LogP contribution in [0.4, 0.5) is 5.82 Å². The predicted molar refractivity (Wildman–Crippen MR) is 72.1 cm³/mol. The van der Waals surface area contributed by atoms with E-state index in [0.29, 0.717) is 5.82 Å². The maximum Gasteiger partial charge on any atom is 0.308 e. The minimum Gasteiger partial charge on any atom is -0.469 e. The average molecular weight is 264 g/mol. The van der Waals surface area contributed by atoms with E-state index in [-0.39, 0.29) is 11.9 Å². The smallest absolute Gasteiger partial charge is 0.308 e. The van der Waals surface area contributed by atoms with Gasteiger partial charge in [0.05, 0.1) is 13.0 Å². The third-order valence-corrected chi connectivity index (χ3v) is 3.54. The zero-order valence-corrected chi connectivity index (χ0v) is 11.1. The van der Waals surface area contributed by atoms with Crippen LogP contribution in [0.15, 0.2) is 18.3 Å². The third kappa shape index (κ3) is 3.42. The molecule has 1 aromatic heterocycles. The van der Waals surface area contributed by atoms with Crippen molar-refractivity contribution in [2.75, 3.05) is 25.6 Å². The fourth-order valence-corrected chi connectivity index (χ4v) is 2.43. The highest BCUT2D eigenvalue weighted by molar-refractivity contribution is 5.72. The molecular formula is C13H20N4O2. The molecule has 0 spiro atoms. The summed E-state index contributed by atoms with van der Waals surface area (Å²) in [5.41, 5.74) is 3.68. The summed E-state index contributed by atoms with van der Waals surface area (Å²) in [4.78, 5) is 17.9. The van der Waals surface area contributed by atoms with Crippen molar-refractivity contribution in [3.8, 4) is 0 Å². The molecule has 2 rings (SSSR count). The first-order valence-corrected chi connectivity index (χ1v) is 6.45. The summed E-state index contributed by atoms with van der Waals surface area (Å²) < 4.78 is 4.79. The quantitative estimate of drug-likeness (QED) is 0.474. The minimum absolute atomic E-state index is 0.0438. The molecule has 0 unspecified atom stereocenters. The summed E-state index contributed by atoms with van der Waals surface area (Å²) >= 11 is 0. The summed E-state index contributed by atoms with van der Waals surface area (Å²) in [6.07, 6.45) is 3.40. The van der Waals surface area contributed by atoms with Gasteiger partial charge < -0.3 is 10.2 Å². The van der Waals surface area contributed by atoms with Crippen molar-refractivity contribution < 1.29 is 9.53 Å². The van der Waals surface area contributed by atoms with E-state index >= 15 is 0 Å². The van der Waals surface area contributed by atoms with Gasteiger partial charge in [0.15, 0.2) is 0 Å². The molecule has 6 heteroatoms. The lowest BCUT2D eigenvalue weighted by molar-refractivity contribution is -0.147. The van der Waals surface area contributed by atoms with Crippen LogP contribution < -0.4 is 11.3 Å². The van der Waals surface area contributed by atoms with E-state index in [4.69, 9.17) is 10.6 Å². The van der Waals surface area contributed by atoms with Crippen LogP contribution >= 0.6 is 0 Å². The van der Waals surface area contributed by atoms with Crippen molar-refractivity contribution in [2.45, 2.75) is 19.4 Å². The second-order valence-corrected chi connectivity index (χ2v) is 4.73. The number of esters is 1. The largest absolute Gasteiger partial charge is 0.469 e. The second kappa shape index (κ2) is 6.49. The number of piperidine rings is 1. The van der Waals surface area contributed by atoms with Crippen molar-refractivity contribution >= 4 is 11.8 Å². The maximum atomic E-state index is 11.5. The van der Waals surface area contributed by atoms with E-state index in [9.17, 15) is 4.79 Å². The first kappa shape index (κ1) is 13.8. The summed E-state index contributed by atoms with van der Waals surface area (Å²) in [6, 6.07) is 3.91. The van der Waals surface area contributed by atoms with Crippen molar-refractivity contribution in [3.05, 3.63) is 23.9 Å². The van der Waals surface area contributed by atoms with Gasteiger partial charge in [-0.25, -0.2) is 10.8 Å². The van der Waals surface area contributed by atoms with Crippen LogP contribution in [0.2, 0.25) is 0 Å². The highest BCUT2D eigenvalue weighted by atomic mass is 16.5. The highest BCUT2D eigenvalue weighted by Gasteiger charge is 2.25.